The van der Waals surface area contributed by atoms with Crippen molar-refractivity contribution in [1.82, 2.24) is 10.3 Å². The Morgan fingerprint density at radius 2 is 2.00 bits per heavy atom. The summed E-state index contributed by atoms with van der Waals surface area (Å²) in [7, 11) is 0. The summed E-state index contributed by atoms with van der Waals surface area (Å²) in [6, 6.07) is 4.84. The first kappa shape index (κ1) is 13.7. The van der Waals surface area contributed by atoms with Crippen LogP contribution in [0, 0.1) is 20.8 Å². The minimum Gasteiger partial charge on any atom is -0.309 e. The van der Waals surface area contributed by atoms with Gasteiger partial charge in [0.15, 0.2) is 0 Å². The van der Waals surface area contributed by atoms with E-state index < -0.39 is 0 Å². The molecule has 1 atom stereocenters. The third-order valence-corrected chi connectivity index (χ3v) is 5.22. The summed E-state index contributed by atoms with van der Waals surface area (Å²) in [5, 5.41) is 4.80. The second-order valence-electron chi connectivity index (χ2n) is 4.51. The molecule has 0 aliphatic heterocycles. The molecule has 2 heterocycles. The van der Waals surface area contributed by atoms with Crippen LogP contribution in [0.2, 0.25) is 0 Å². The van der Waals surface area contributed by atoms with Crippen molar-refractivity contribution in [2.24, 2.45) is 0 Å². The average Bonchev–Trinajstić information content (AvgIpc) is 2.86. The Morgan fingerprint density at radius 1 is 1.22 bits per heavy atom. The Morgan fingerprint density at radius 3 is 2.50 bits per heavy atom. The van der Waals surface area contributed by atoms with E-state index in [2.05, 4.69) is 50.1 Å². The minimum absolute atomic E-state index is 0.402. The maximum absolute atomic E-state index is 4.65. The predicted octanol–water partition coefficient (Wildman–Crippen LogP) is 4.02. The lowest BCUT2D eigenvalue weighted by Gasteiger charge is -2.14. The second kappa shape index (κ2) is 5.95. The zero-order valence-corrected chi connectivity index (χ0v) is 13.0. The number of thiazole rings is 1. The molecule has 1 N–H and O–H groups in total. The van der Waals surface area contributed by atoms with Crippen molar-refractivity contribution < 1.29 is 0 Å². The van der Waals surface area contributed by atoms with Crippen LogP contribution in [0.15, 0.2) is 12.1 Å². The van der Waals surface area contributed by atoms with Crippen LogP contribution in [0.5, 0.6) is 0 Å². The lowest BCUT2D eigenvalue weighted by atomic mass is 10.1. The van der Waals surface area contributed by atoms with Gasteiger partial charge in [0.05, 0.1) is 10.7 Å². The Hall–Kier alpha value is -0.710. The third kappa shape index (κ3) is 3.19. The molecule has 0 saturated heterocycles. The second-order valence-corrected chi connectivity index (χ2v) is 7.12. The molecule has 1 unspecified atom stereocenters. The van der Waals surface area contributed by atoms with Crippen LogP contribution in [0.1, 0.15) is 38.3 Å². The standard InChI is InChI=1S/C14H20N2S2/c1-5-15-12(13-7-6-9(2)17-13)8-14-16-10(3)11(4)18-14/h6-7,12,15H,5,8H2,1-4H3. The fourth-order valence-electron chi connectivity index (χ4n) is 1.96. The van der Waals surface area contributed by atoms with Crippen molar-refractivity contribution in [2.45, 2.75) is 40.2 Å². The van der Waals surface area contributed by atoms with E-state index >= 15 is 0 Å². The first-order chi connectivity index (χ1) is 8.60. The van der Waals surface area contributed by atoms with Gasteiger partial charge in [0.1, 0.15) is 0 Å². The zero-order valence-electron chi connectivity index (χ0n) is 11.4. The van der Waals surface area contributed by atoms with Crippen LogP contribution >= 0.6 is 22.7 Å². The Bertz CT molecular complexity index is 494. The monoisotopic (exact) mass is 280 g/mol. The molecule has 2 nitrogen and oxygen atoms in total. The van der Waals surface area contributed by atoms with Gasteiger partial charge in [0, 0.05) is 27.1 Å². The maximum Gasteiger partial charge on any atom is 0.0950 e. The van der Waals surface area contributed by atoms with Gasteiger partial charge in [-0.05, 0) is 39.4 Å². The van der Waals surface area contributed by atoms with E-state index in [1.807, 2.05) is 22.7 Å². The molecule has 0 amide bonds. The van der Waals surface area contributed by atoms with Crippen LogP contribution in [-0.4, -0.2) is 11.5 Å². The van der Waals surface area contributed by atoms with Crippen molar-refractivity contribution in [3.05, 3.63) is 37.5 Å². The van der Waals surface area contributed by atoms with E-state index in [0.29, 0.717) is 6.04 Å². The fraction of sp³-hybridized carbons (Fsp3) is 0.500. The van der Waals surface area contributed by atoms with E-state index in [1.54, 1.807) is 0 Å². The molecule has 98 valence electrons. The number of likely N-dealkylation sites (N-methyl/N-ethyl adjacent to an activating group) is 1. The Balaban J connectivity index is 2.15. The summed E-state index contributed by atoms with van der Waals surface area (Å²) in [4.78, 5) is 8.77. The van der Waals surface area contributed by atoms with Crippen LogP contribution in [0.25, 0.3) is 0 Å². The molecule has 0 radical (unpaired) electrons. The number of nitrogens with zero attached hydrogens (tertiary/aromatic N) is 1. The van der Waals surface area contributed by atoms with Crippen LogP contribution < -0.4 is 5.32 Å². The molecule has 2 aromatic heterocycles. The Labute approximate surface area is 117 Å². The summed E-state index contributed by atoms with van der Waals surface area (Å²) >= 11 is 3.70. The molecule has 0 spiro atoms. The molecule has 4 heteroatoms. The van der Waals surface area contributed by atoms with Gasteiger partial charge in [-0.25, -0.2) is 4.98 Å². The van der Waals surface area contributed by atoms with Gasteiger partial charge in [-0.2, -0.15) is 0 Å². The number of hydrogen-bond acceptors (Lipinski definition) is 4. The van der Waals surface area contributed by atoms with Crippen molar-refractivity contribution in [3.63, 3.8) is 0 Å². The normalized spacial score (nSPS) is 12.9. The lowest BCUT2D eigenvalue weighted by Crippen LogP contribution is -2.22. The van der Waals surface area contributed by atoms with E-state index in [0.717, 1.165) is 13.0 Å². The van der Waals surface area contributed by atoms with Gasteiger partial charge in [-0.3, -0.25) is 0 Å². The highest BCUT2D eigenvalue weighted by Crippen LogP contribution is 2.27. The highest BCUT2D eigenvalue weighted by Gasteiger charge is 2.15. The molecule has 2 aromatic rings. The zero-order chi connectivity index (χ0) is 13.1. The molecular formula is C14H20N2S2. The lowest BCUT2D eigenvalue weighted by molar-refractivity contribution is 0.556. The van der Waals surface area contributed by atoms with Crippen molar-refractivity contribution in [1.29, 1.82) is 0 Å². The van der Waals surface area contributed by atoms with Gasteiger partial charge in [0.25, 0.3) is 0 Å². The smallest absolute Gasteiger partial charge is 0.0950 e. The first-order valence-corrected chi connectivity index (χ1v) is 7.96. The summed E-state index contributed by atoms with van der Waals surface area (Å²) in [5.74, 6) is 0. The summed E-state index contributed by atoms with van der Waals surface area (Å²) in [5.41, 5.74) is 1.17. The number of hydrogen-bond donors (Lipinski definition) is 1. The average molecular weight is 280 g/mol. The third-order valence-electron chi connectivity index (χ3n) is 3.01. The fourth-order valence-corrected chi connectivity index (χ4v) is 3.89. The molecule has 18 heavy (non-hydrogen) atoms. The minimum atomic E-state index is 0.402. The Kier molecular flexibility index (Phi) is 4.54. The number of thiophene rings is 1. The van der Waals surface area contributed by atoms with E-state index in [-0.39, 0.29) is 0 Å². The van der Waals surface area contributed by atoms with Crippen LogP contribution in [-0.2, 0) is 6.42 Å². The van der Waals surface area contributed by atoms with Crippen molar-refractivity contribution in [3.8, 4) is 0 Å². The summed E-state index contributed by atoms with van der Waals surface area (Å²) < 4.78 is 0. The molecule has 0 bridgehead atoms. The quantitative estimate of drug-likeness (QED) is 0.894. The predicted molar refractivity (Wildman–Crippen MR) is 80.8 cm³/mol. The molecule has 2 rings (SSSR count). The van der Waals surface area contributed by atoms with Gasteiger partial charge in [-0.15, -0.1) is 22.7 Å². The van der Waals surface area contributed by atoms with Crippen molar-refractivity contribution >= 4 is 22.7 Å². The van der Waals surface area contributed by atoms with Gasteiger partial charge < -0.3 is 5.32 Å². The van der Waals surface area contributed by atoms with Gasteiger partial charge in [0.2, 0.25) is 0 Å². The topological polar surface area (TPSA) is 24.9 Å². The highest BCUT2D eigenvalue weighted by atomic mass is 32.1. The van der Waals surface area contributed by atoms with Crippen LogP contribution in [0.4, 0.5) is 0 Å². The SMILES string of the molecule is CCNC(Cc1nc(C)c(C)s1)c1ccc(C)s1. The molecule has 0 saturated carbocycles. The highest BCUT2D eigenvalue weighted by molar-refractivity contribution is 7.12. The van der Waals surface area contributed by atoms with E-state index in [9.17, 15) is 0 Å². The van der Waals surface area contributed by atoms with Crippen molar-refractivity contribution in [2.75, 3.05) is 6.54 Å². The molecule has 0 aliphatic carbocycles. The number of aryl methyl sites for hydroxylation is 3. The van der Waals surface area contributed by atoms with E-state index in [4.69, 9.17) is 0 Å². The largest absolute Gasteiger partial charge is 0.309 e. The summed E-state index contributed by atoms with van der Waals surface area (Å²) in [6.45, 7) is 9.55. The number of aromatic nitrogens is 1. The first-order valence-electron chi connectivity index (χ1n) is 6.32. The number of rotatable bonds is 5. The van der Waals surface area contributed by atoms with Gasteiger partial charge >= 0.3 is 0 Å². The molecule has 0 aromatic carbocycles. The molecule has 0 fully saturated rings. The maximum atomic E-state index is 4.65. The van der Waals surface area contributed by atoms with Gasteiger partial charge in [-0.1, -0.05) is 6.92 Å². The van der Waals surface area contributed by atoms with Crippen LogP contribution in [0.3, 0.4) is 0 Å². The molecular weight excluding hydrogens is 260 g/mol. The summed E-state index contributed by atoms with van der Waals surface area (Å²) in [6.07, 6.45) is 0.993. The van der Waals surface area contributed by atoms with E-state index in [1.165, 1.54) is 25.3 Å². The number of nitrogens with one attached hydrogen (secondary N) is 1. The molecule has 0 aliphatic rings.